The fraction of sp³-hybridized carbons (Fsp3) is 0.417. The molecule has 0 aliphatic heterocycles. The van der Waals surface area contributed by atoms with E-state index in [-0.39, 0.29) is 6.04 Å². The summed E-state index contributed by atoms with van der Waals surface area (Å²) >= 11 is 0. The van der Waals surface area contributed by atoms with Crippen molar-refractivity contribution in [2.75, 3.05) is 18.5 Å². The van der Waals surface area contributed by atoms with E-state index < -0.39 is 0 Å². The van der Waals surface area contributed by atoms with Gasteiger partial charge in [0.1, 0.15) is 0 Å². The highest BCUT2D eigenvalue weighted by Gasteiger charge is 2.12. The lowest BCUT2D eigenvalue weighted by atomic mass is 10.2. The zero-order chi connectivity index (χ0) is 13.0. The zero-order valence-corrected chi connectivity index (χ0v) is 10.6. The molecule has 0 saturated heterocycles. The standard InChI is InChI=1S/C12H17N5O/c1-9(13)11-15-16-12(18-11)17(2)8-5-10-3-6-14-7-4-10/h3-4,6-7,9H,5,8,13H2,1-2H3. The first-order valence-corrected chi connectivity index (χ1v) is 5.86. The van der Waals surface area contributed by atoms with Crippen LogP contribution in [0, 0.1) is 0 Å². The number of hydrogen-bond acceptors (Lipinski definition) is 6. The number of pyridine rings is 1. The summed E-state index contributed by atoms with van der Waals surface area (Å²) in [4.78, 5) is 5.90. The molecule has 0 fully saturated rings. The number of rotatable bonds is 5. The predicted octanol–water partition coefficient (Wildman–Crippen LogP) is 1.16. The van der Waals surface area contributed by atoms with Gasteiger partial charge in [-0.15, -0.1) is 5.10 Å². The van der Waals surface area contributed by atoms with Crippen LogP contribution in [-0.4, -0.2) is 28.8 Å². The van der Waals surface area contributed by atoms with E-state index in [4.69, 9.17) is 10.2 Å². The monoisotopic (exact) mass is 247 g/mol. The molecule has 0 saturated carbocycles. The van der Waals surface area contributed by atoms with Crippen LogP contribution in [0.25, 0.3) is 0 Å². The molecule has 0 aliphatic carbocycles. The number of nitrogens with zero attached hydrogens (tertiary/aromatic N) is 4. The van der Waals surface area contributed by atoms with E-state index in [2.05, 4.69) is 15.2 Å². The molecule has 96 valence electrons. The Morgan fingerprint density at radius 2 is 2.06 bits per heavy atom. The summed E-state index contributed by atoms with van der Waals surface area (Å²) in [5.41, 5.74) is 6.90. The van der Waals surface area contributed by atoms with E-state index in [0.717, 1.165) is 13.0 Å². The van der Waals surface area contributed by atoms with Crippen LogP contribution in [0.15, 0.2) is 28.9 Å². The van der Waals surface area contributed by atoms with Crippen LogP contribution >= 0.6 is 0 Å². The lowest BCUT2D eigenvalue weighted by Crippen LogP contribution is -2.20. The zero-order valence-electron chi connectivity index (χ0n) is 10.6. The van der Waals surface area contributed by atoms with Gasteiger partial charge in [-0.25, -0.2) is 0 Å². The van der Waals surface area contributed by atoms with Crippen LogP contribution in [0.4, 0.5) is 6.01 Å². The Bertz CT molecular complexity index is 482. The van der Waals surface area contributed by atoms with Crippen LogP contribution < -0.4 is 10.6 Å². The summed E-state index contributed by atoms with van der Waals surface area (Å²) in [5.74, 6) is 0.459. The second kappa shape index (κ2) is 5.59. The van der Waals surface area contributed by atoms with Gasteiger partial charge in [-0.2, -0.15) is 0 Å². The van der Waals surface area contributed by atoms with E-state index >= 15 is 0 Å². The molecule has 0 spiro atoms. The number of aromatic nitrogens is 3. The first kappa shape index (κ1) is 12.5. The molecule has 18 heavy (non-hydrogen) atoms. The van der Waals surface area contributed by atoms with Gasteiger partial charge in [0.25, 0.3) is 0 Å². The second-order valence-electron chi connectivity index (χ2n) is 4.24. The van der Waals surface area contributed by atoms with Gasteiger partial charge in [0.05, 0.1) is 6.04 Å². The van der Waals surface area contributed by atoms with Gasteiger partial charge in [0, 0.05) is 26.0 Å². The van der Waals surface area contributed by atoms with Crippen LogP contribution in [0.5, 0.6) is 0 Å². The summed E-state index contributed by atoms with van der Waals surface area (Å²) in [5, 5.41) is 7.86. The molecule has 6 heteroatoms. The molecule has 0 amide bonds. The smallest absolute Gasteiger partial charge is 0.317 e. The van der Waals surface area contributed by atoms with Gasteiger partial charge in [-0.05, 0) is 31.0 Å². The molecule has 2 aromatic heterocycles. The fourth-order valence-electron chi connectivity index (χ4n) is 1.51. The fourth-order valence-corrected chi connectivity index (χ4v) is 1.51. The highest BCUT2D eigenvalue weighted by atomic mass is 16.4. The molecular weight excluding hydrogens is 230 g/mol. The van der Waals surface area contributed by atoms with Crippen LogP contribution in [0.2, 0.25) is 0 Å². The van der Waals surface area contributed by atoms with Gasteiger partial charge in [0.2, 0.25) is 5.89 Å². The normalized spacial score (nSPS) is 12.4. The second-order valence-corrected chi connectivity index (χ2v) is 4.24. The third kappa shape index (κ3) is 3.04. The van der Waals surface area contributed by atoms with Gasteiger partial charge in [0.15, 0.2) is 0 Å². The van der Waals surface area contributed by atoms with E-state index in [1.807, 2.05) is 31.0 Å². The first-order valence-electron chi connectivity index (χ1n) is 5.86. The molecule has 1 atom stereocenters. The number of likely N-dealkylation sites (N-methyl/N-ethyl adjacent to an activating group) is 1. The van der Waals surface area contributed by atoms with Crippen molar-refractivity contribution < 1.29 is 4.42 Å². The van der Waals surface area contributed by atoms with Crippen LogP contribution in [0.1, 0.15) is 24.4 Å². The maximum absolute atomic E-state index is 5.67. The quantitative estimate of drug-likeness (QED) is 0.854. The third-order valence-corrected chi connectivity index (χ3v) is 2.63. The van der Waals surface area contributed by atoms with Crippen LogP contribution in [0.3, 0.4) is 0 Å². The summed E-state index contributed by atoms with van der Waals surface area (Å²) in [6.07, 6.45) is 4.47. The predicted molar refractivity (Wildman–Crippen MR) is 68.1 cm³/mol. The Labute approximate surface area is 106 Å². The lowest BCUT2D eigenvalue weighted by Gasteiger charge is -2.13. The van der Waals surface area contributed by atoms with Crippen molar-refractivity contribution in [3.05, 3.63) is 36.0 Å². The number of hydrogen-bond donors (Lipinski definition) is 1. The summed E-state index contributed by atoms with van der Waals surface area (Å²) in [7, 11) is 1.92. The molecule has 0 aliphatic rings. The molecule has 2 heterocycles. The highest BCUT2D eigenvalue weighted by molar-refractivity contribution is 5.23. The molecule has 6 nitrogen and oxygen atoms in total. The minimum atomic E-state index is -0.236. The van der Waals surface area contributed by atoms with E-state index in [1.54, 1.807) is 12.4 Å². The van der Waals surface area contributed by atoms with Crippen molar-refractivity contribution in [1.82, 2.24) is 15.2 Å². The van der Waals surface area contributed by atoms with Crippen molar-refractivity contribution in [2.45, 2.75) is 19.4 Å². The molecule has 1 unspecified atom stereocenters. The van der Waals surface area contributed by atoms with Gasteiger partial charge >= 0.3 is 6.01 Å². The Hall–Kier alpha value is -1.95. The average molecular weight is 247 g/mol. The van der Waals surface area contributed by atoms with Gasteiger partial charge < -0.3 is 15.1 Å². The van der Waals surface area contributed by atoms with Crippen LogP contribution in [-0.2, 0) is 6.42 Å². The Balaban J connectivity index is 1.93. The van der Waals surface area contributed by atoms with Crippen molar-refractivity contribution in [3.63, 3.8) is 0 Å². The van der Waals surface area contributed by atoms with Crippen molar-refractivity contribution in [2.24, 2.45) is 5.73 Å². The lowest BCUT2D eigenvalue weighted by molar-refractivity contribution is 0.461. The Kier molecular flexibility index (Phi) is 3.88. The SMILES string of the molecule is CC(N)c1nnc(N(C)CCc2ccncc2)o1. The summed E-state index contributed by atoms with van der Waals surface area (Å²) in [6.45, 7) is 2.61. The van der Waals surface area contributed by atoms with E-state index in [1.165, 1.54) is 5.56 Å². The molecule has 0 bridgehead atoms. The molecule has 0 aromatic carbocycles. The maximum atomic E-state index is 5.67. The molecule has 2 N–H and O–H groups in total. The number of anilines is 1. The largest absolute Gasteiger partial charge is 0.406 e. The molecular formula is C12H17N5O. The van der Waals surface area contributed by atoms with Crippen molar-refractivity contribution in [1.29, 1.82) is 0 Å². The van der Waals surface area contributed by atoms with Crippen molar-refractivity contribution >= 4 is 6.01 Å². The topological polar surface area (TPSA) is 81.1 Å². The van der Waals surface area contributed by atoms with Gasteiger partial charge in [-0.1, -0.05) is 5.10 Å². The summed E-state index contributed by atoms with van der Waals surface area (Å²) < 4.78 is 5.46. The molecule has 2 rings (SSSR count). The maximum Gasteiger partial charge on any atom is 0.317 e. The molecule has 2 aromatic rings. The van der Waals surface area contributed by atoms with Gasteiger partial charge in [-0.3, -0.25) is 4.98 Å². The Morgan fingerprint density at radius 1 is 1.33 bits per heavy atom. The minimum Gasteiger partial charge on any atom is -0.406 e. The number of nitrogens with two attached hydrogens (primary N) is 1. The third-order valence-electron chi connectivity index (χ3n) is 2.63. The summed E-state index contributed by atoms with van der Waals surface area (Å²) in [6, 6.07) is 4.25. The molecule has 0 radical (unpaired) electrons. The first-order chi connectivity index (χ1) is 8.66. The Morgan fingerprint density at radius 3 is 2.67 bits per heavy atom. The highest BCUT2D eigenvalue weighted by Crippen LogP contribution is 2.14. The van der Waals surface area contributed by atoms with E-state index in [9.17, 15) is 0 Å². The van der Waals surface area contributed by atoms with E-state index in [0.29, 0.717) is 11.9 Å². The average Bonchev–Trinajstić information content (AvgIpc) is 2.87. The minimum absolute atomic E-state index is 0.236. The van der Waals surface area contributed by atoms with Crippen molar-refractivity contribution in [3.8, 4) is 0 Å².